The summed E-state index contributed by atoms with van der Waals surface area (Å²) >= 11 is 0. The van der Waals surface area contributed by atoms with Gasteiger partial charge in [-0.25, -0.2) is 22.8 Å². The third-order valence-electron chi connectivity index (χ3n) is 5.29. The number of para-hydroxylation sites is 1. The minimum Gasteiger partial charge on any atom is -0.337 e. The highest BCUT2D eigenvalue weighted by Gasteiger charge is 2.35. The average Bonchev–Trinajstić information content (AvgIpc) is 3.27. The number of hydrogen-bond donors (Lipinski definition) is 1. The van der Waals surface area contributed by atoms with Gasteiger partial charge >= 0.3 is 0 Å². The quantitative estimate of drug-likeness (QED) is 0.673. The molecular weight excluding hydrogens is 402 g/mol. The average molecular weight is 426 g/mol. The third kappa shape index (κ3) is 4.42. The number of piperidine rings is 1. The lowest BCUT2D eigenvalue weighted by Gasteiger charge is -2.39. The molecular formula is C21H23N5O3S. The summed E-state index contributed by atoms with van der Waals surface area (Å²) in [6.07, 6.45) is 4.77. The Bertz CT molecular complexity index is 1120. The van der Waals surface area contributed by atoms with Crippen LogP contribution in [0.3, 0.4) is 0 Å². The highest BCUT2D eigenvalue weighted by Crippen LogP contribution is 2.30. The number of benzene rings is 2. The molecule has 0 saturated carbocycles. The van der Waals surface area contributed by atoms with Crippen LogP contribution < -0.4 is 4.72 Å². The molecule has 2 heterocycles. The summed E-state index contributed by atoms with van der Waals surface area (Å²) in [5.41, 5.74) is 2.20. The first-order valence-corrected chi connectivity index (χ1v) is 11.6. The first-order valence-electron chi connectivity index (χ1n) is 9.68. The van der Waals surface area contributed by atoms with E-state index in [4.69, 9.17) is 0 Å². The predicted octanol–water partition coefficient (Wildman–Crippen LogP) is 1.81. The third-order valence-corrected chi connectivity index (χ3v) is 6.02. The molecule has 3 aromatic rings. The highest BCUT2D eigenvalue weighted by atomic mass is 32.2. The molecule has 0 aliphatic carbocycles. The van der Waals surface area contributed by atoms with Crippen LogP contribution >= 0.6 is 0 Å². The normalized spacial score (nSPS) is 19.6. The molecule has 0 radical (unpaired) electrons. The number of carbonyl (C=O) groups excluding carboxylic acids is 1. The highest BCUT2D eigenvalue weighted by molar-refractivity contribution is 7.88. The number of rotatable bonds is 5. The number of hydrogen-bond acceptors (Lipinski definition) is 5. The van der Waals surface area contributed by atoms with E-state index in [9.17, 15) is 13.2 Å². The van der Waals surface area contributed by atoms with Gasteiger partial charge in [0.1, 0.15) is 12.7 Å². The fraction of sp³-hybridized carbons (Fsp3) is 0.286. The number of nitrogens with zero attached hydrogens (tertiary/aromatic N) is 4. The molecule has 0 bridgehead atoms. The van der Waals surface area contributed by atoms with Crippen molar-refractivity contribution in [1.29, 1.82) is 0 Å². The zero-order chi connectivity index (χ0) is 21.1. The lowest BCUT2D eigenvalue weighted by Crippen LogP contribution is -2.53. The van der Waals surface area contributed by atoms with Crippen LogP contribution in [0.2, 0.25) is 0 Å². The second-order valence-electron chi connectivity index (χ2n) is 7.41. The molecule has 156 valence electrons. The Kier molecular flexibility index (Phi) is 5.65. The Labute approximate surface area is 175 Å². The number of sulfonamides is 1. The Morgan fingerprint density at radius 3 is 2.53 bits per heavy atom. The van der Waals surface area contributed by atoms with Crippen molar-refractivity contribution in [1.82, 2.24) is 24.4 Å². The zero-order valence-electron chi connectivity index (χ0n) is 16.5. The van der Waals surface area contributed by atoms with E-state index in [0.717, 1.165) is 11.8 Å². The van der Waals surface area contributed by atoms with Crippen molar-refractivity contribution >= 4 is 15.9 Å². The topological polar surface area (TPSA) is 97.2 Å². The lowest BCUT2D eigenvalue weighted by molar-refractivity contribution is 0.0686. The summed E-state index contributed by atoms with van der Waals surface area (Å²) in [4.78, 5) is 19.0. The van der Waals surface area contributed by atoms with Gasteiger partial charge in [0.25, 0.3) is 5.91 Å². The zero-order valence-corrected chi connectivity index (χ0v) is 17.4. The van der Waals surface area contributed by atoms with Crippen molar-refractivity contribution in [2.75, 3.05) is 19.3 Å². The fourth-order valence-corrected chi connectivity index (χ4v) is 4.78. The number of amides is 1. The minimum atomic E-state index is -3.43. The number of aromatic nitrogens is 3. The molecule has 1 aliphatic rings. The fourth-order valence-electron chi connectivity index (χ4n) is 3.99. The number of carbonyl (C=O) groups is 1. The van der Waals surface area contributed by atoms with E-state index < -0.39 is 16.1 Å². The molecule has 8 nitrogen and oxygen atoms in total. The monoisotopic (exact) mass is 425 g/mol. The van der Waals surface area contributed by atoms with Crippen molar-refractivity contribution in [3.63, 3.8) is 0 Å². The molecule has 1 aliphatic heterocycles. The molecule has 1 aromatic heterocycles. The Hall–Kier alpha value is -3.04. The van der Waals surface area contributed by atoms with Gasteiger partial charge in [0.15, 0.2) is 0 Å². The van der Waals surface area contributed by atoms with Gasteiger partial charge in [-0.1, -0.05) is 42.5 Å². The minimum absolute atomic E-state index is 0.00414. The van der Waals surface area contributed by atoms with Gasteiger partial charge in [0.05, 0.1) is 17.5 Å². The van der Waals surface area contributed by atoms with Crippen molar-refractivity contribution in [3.8, 4) is 5.69 Å². The van der Waals surface area contributed by atoms with Gasteiger partial charge in [-0.15, -0.1) is 0 Å². The van der Waals surface area contributed by atoms with Crippen LogP contribution in [0.4, 0.5) is 0 Å². The molecule has 0 spiro atoms. The first-order chi connectivity index (χ1) is 14.4. The van der Waals surface area contributed by atoms with Crippen molar-refractivity contribution < 1.29 is 13.2 Å². The Balaban J connectivity index is 1.62. The van der Waals surface area contributed by atoms with Gasteiger partial charge in [0, 0.05) is 25.0 Å². The van der Waals surface area contributed by atoms with E-state index in [1.807, 2.05) is 42.5 Å². The van der Waals surface area contributed by atoms with Gasteiger partial charge in [-0.2, -0.15) is 5.10 Å². The van der Waals surface area contributed by atoms with E-state index in [1.54, 1.807) is 28.0 Å². The summed E-state index contributed by atoms with van der Waals surface area (Å²) in [7, 11) is -3.43. The molecule has 1 fully saturated rings. The van der Waals surface area contributed by atoms with E-state index in [-0.39, 0.29) is 18.4 Å². The van der Waals surface area contributed by atoms with Gasteiger partial charge in [-0.05, 0) is 24.1 Å². The van der Waals surface area contributed by atoms with Gasteiger partial charge < -0.3 is 4.90 Å². The maximum absolute atomic E-state index is 13.4. The standard InChI is InChI=1S/C21H23N5O3S/c1-30(28,29)24-19-13-25(12-11-17(19)16-7-3-2-4-8-16)21(27)18-9-5-6-10-20(18)26-15-22-14-23-26/h2-10,14-15,17,19,24H,11-13H2,1H3/t17-,19-/m0/s1. The van der Waals surface area contributed by atoms with Crippen molar-refractivity contribution in [3.05, 3.63) is 78.4 Å². The molecule has 30 heavy (non-hydrogen) atoms. The largest absolute Gasteiger partial charge is 0.337 e. The molecule has 4 rings (SSSR count). The van der Waals surface area contributed by atoms with E-state index in [2.05, 4.69) is 14.8 Å². The van der Waals surface area contributed by atoms with Gasteiger partial charge in [-0.3, -0.25) is 4.79 Å². The van der Waals surface area contributed by atoms with Crippen LogP contribution in [0, 0.1) is 0 Å². The lowest BCUT2D eigenvalue weighted by atomic mass is 9.85. The van der Waals surface area contributed by atoms with Gasteiger partial charge in [0.2, 0.25) is 10.0 Å². The number of nitrogens with one attached hydrogen (secondary N) is 1. The molecule has 1 saturated heterocycles. The second-order valence-corrected chi connectivity index (χ2v) is 9.19. The summed E-state index contributed by atoms with van der Waals surface area (Å²) in [5, 5.41) is 4.13. The summed E-state index contributed by atoms with van der Waals surface area (Å²) in [6.45, 7) is 0.823. The van der Waals surface area contributed by atoms with Crippen LogP contribution in [0.25, 0.3) is 5.69 Å². The van der Waals surface area contributed by atoms with Crippen LogP contribution in [0.15, 0.2) is 67.3 Å². The summed E-state index contributed by atoms with van der Waals surface area (Å²) in [5.74, 6) is -0.163. The van der Waals surface area contributed by atoms with Crippen molar-refractivity contribution in [2.45, 2.75) is 18.4 Å². The van der Waals surface area contributed by atoms with E-state index >= 15 is 0 Å². The summed E-state index contributed by atoms with van der Waals surface area (Å²) in [6, 6.07) is 16.6. The Morgan fingerprint density at radius 1 is 1.10 bits per heavy atom. The Morgan fingerprint density at radius 2 is 1.83 bits per heavy atom. The molecule has 2 aromatic carbocycles. The van der Waals surface area contributed by atoms with E-state index in [0.29, 0.717) is 24.2 Å². The summed E-state index contributed by atoms with van der Waals surface area (Å²) < 4.78 is 28.3. The maximum atomic E-state index is 13.4. The van der Waals surface area contributed by atoms with Crippen LogP contribution in [0.5, 0.6) is 0 Å². The molecule has 0 unspecified atom stereocenters. The first kappa shape index (κ1) is 20.2. The van der Waals surface area contributed by atoms with Crippen molar-refractivity contribution in [2.24, 2.45) is 0 Å². The molecule has 1 amide bonds. The smallest absolute Gasteiger partial charge is 0.256 e. The van der Waals surface area contributed by atoms with Crippen LogP contribution in [-0.2, 0) is 10.0 Å². The molecule has 9 heteroatoms. The van der Waals surface area contributed by atoms with E-state index in [1.165, 1.54) is 6.33 Å². The SMILES string of the molecule is CS(=O)(=O)N[C@H]1CN(C(=O)c2ccccc2-n2cncn2)CC[C@H]1c1ccccc1. The molecule has 1 N–H and O–H groups in total. The maximum Gasteiger partial charge on any atom is 0.256 e. The van der Waals surface area contributed by atoms with Crippen LogP contribution in [-0.4, -0.2) is 59.4 Å². The second kappa shape index (κ2) is 8.37. The number of likely N-dealkylation sites (tertiary alicyclic amines) is 1. The van der Waals surface area contributed by atoms with Crippen LogP contribution in [0.1, 0.15) is 28.3 Å². The molecule has 2 atom stereocenters. The predicted molar refractivity (Wildman–Crippen MR) is 113 cm³/mol.